The molecule has 0 aromatic carbocycles. The molecule has 0 radical (unpaired) electrons. The molecule has 0 bridgehead atoms. The SMILES string of the molecule is CC(C)(C)OC(=O)NCCCCCOC=O.CCCO.CNC(C)=O. The predicted octanol–water partition coefficient (Wildman–Crippen LogP) is 2.00. The first-order valence-electron chi connectivity index (χ1n) is 8.45. The average molecular weight is 364 g/mol. The summed E-state index contributed by atoms with van der Waals surface area (Å²) in [4.78, 5) is 30.7. The summed E-state index contributed by atoms with van der Waals surface area (Å²) < 4.78 is 9.60. The van der Waals surface area contributed by atoms with Gasteiger partial charge < -0.3 is 25.2 Å². The van der Waals surface area contributed by atoms with Crippen LogP contribution < -0.4 is 10.6 Å². The number of unbranched alkanes of at least 4 members (excludes halogenated alkanes) is 2. The van der Waals surface area contributed by atoms with Gasteiger partial charge in [0.05, 0.1) is 6.61 Å². The number of carbonyl (C=O) groups excluding carboxylic acids is 3. The van der Waals surface area contributed by atoms with E-state index in [1.807, 2.05) is 27.7 Å². The Hall–Kier alpha value is -1.83. The van der Waals surface area contributed by atoms with E-state index in [4.69, 9.17) is 9.84 Å². The van der Waals surface area contributed by atoms with Crippen LogP contribution in [0.4, 0.5) is 4.79 Å². The number of hydrogen-bond acceptors (Lipinski definition) is 6. The van der Waals surface area contributed by atoms with E-state index in [1.54, 1.807) is 7.05 Å². The largest absolute Gasteiger partial charge is 0.468 e. The van der Waals surface area contributed by atoms with Crippen molar-refractivity contribution in [2.24, 2.45) is 0 Å². The minimum Gasteiger partial charge on any atom is -0.468 e. The molecule has 0 rings (SSSR count). The standard InChI is InChI=1S/C11H21NO4.C3H7NO.C3H8O/c1-11(2,3)16-10(14)12-7-5-4-6-8-15-9-13;1-3(5)4-2;1-2-3-4/h9H,4-8H2,1-3H3,(H,12,14);1-2H3,(H,4,5);4H,2-3H2,1H3. The summed E-state index contributed by atoms with van der Waals surface area (Å²) in [7, 11) is 1.60. The number of ether oxygens (including phenoxy) is 2. The summed E-state index contributed by atoms with van der Waals surface area (Å²) in [5.74, 6) is 0.00463. The zero-order chi connectivity index (χ0) is 20.1. The molecule has 0 fully saturated rings. The Morgan fingerprint density at radius 2 is 1.68 bits per heavy atom. The average Bonchev–Trinajstić information content (AvgIpc) is 2.53. The van der Waals surface area contributed by atoms with Gasteiger partial charge in [0, 0.05) is 27.1 Å². The van der Waals surface area contributed by atoms with Crippen LogP contribution >= 0.6 is 0 Å². The van der Waals surface area contributed by atoms with Gasteiger partial charge in [0.2, 0.25) is 5.91 Å². The smallest absolute Gasteiger partial charge is 0.407 e. The first kappa shape index (κ1) is 28.0. The molecule has 0 aromatic rings. The summed E-state index contributed by atoms with van der Waals surface area (Å²) in [6.07, 6.45) is 3.05. The van der Waals surface area contributed by atoms with E-state index in [-0.39, 0.29) is 5.91 Å². The molecule has 0 saturated heterocycles. The van der Waals surface area contributed by atoms with Crippen LogP contribution in [0.2, 0.25) is 0 Å². The zero-order valence-electron chi connectivity index (χ0n) is 16.5. The molecule has 0 aliphatic rings. The number of nitrogens with one attached hydrogen (secondary N) is 2. The molecule has 8 heteroatoms. The van der Waals surface area contributed by atoms with Crippen LogP contribution in [0.15, 0.2) is 0 Å². The highest BCUT2D eigenvalue weighted by Crippen LogP contribution is 2.06. The molecule has 0 atom stereocenters. The quantitative estimate of drug-likeness (QED) is 0.448. The van der Waals surface area contributed by atoms with Crippen LogP contribution in [0.25, 0.3) is 0 Å². The number of alkyl carbamates (subject to hydrolysis) is 1. The Kier molecular flexibility index (Phi) is 22.6. The number of rotatable bonds is 8. The summed E-state index contributed by atoms with van der Waals surface area (Å²) in [5.41, 5.74) is -0.456. The molecule has 0 unspecified atom stereocenters. The number of aliphatic hydroxyl groups is 1. The highest BCUT2D eigenvalue weighted by atomic mass is 16.6. The monoisotopic (exact) mass is 364 g/mol. The molecular formula is C17H36N2O6. The van der Waals surface area contributed by atoms with Gasteiger partial charge in [-0.15, -0.1) is 0 Å². The number of hydrogen-bond donors (Lipinski definition) is 3. The minimum absolute atomic E-state index is 0.00463. The lowest BCUT2D eigenvalue weighted by molar-refractivity contribution is -0.128. The lowest BCUT2D eigenvalue weighted by Crippen LogP contribution is -2.33. The normalized spacial score (nSPS) is 9.40. The second-order valence-electron chi connectivity index (χ2n) is 5.99. The van der Waals surface area contributed by atoms with Crippen molar-refractivity contribution in [3.63, 3.8) is 0 Å². The molecule has 0 aliphatic heterocycles. The second-order valence-corrected chi connectivity index (χ2v) is 5.99. The molecule has 0 aromatic heterocycles. The third-order valence-electron chi connectivity index (χ3n) is 2.25. The van der Waals surface area contributed by atoms with Gasteiger partial charge in [-0.05, 0) is 46.5 Å². The van der Waals surface area contributed by atoms with Crippen molar-refractivity contribution in [2.75, 3.05) is 26.8 Å². The molecule has 0 spiro atoms. The van der Waals surface area contributed by atoms with Crippen LogP contribution in [0.1, 0.15) is 60.3 Å². The third kappa shape index (κ3) is 39.2. The molecule has 8 nitrogen and oxygen atoms in total. The molecule has 150 valence electrons. The van der Waals surface area contributed by atoms with Gasteiger partial charge >= 0.3 is 6.09 Å². The fraction of sp³-hybridized carbons (Fsp3) is 0.824. The van der Waals surface area contributed by atoms with Crippen molar-refractivity contribution < 1.29 is 29.0 Å². The van der Waals surface area contributed by atoms with Crippen LogP contribution in [-0.2, 0) is 19.1 Å². The van der Waals surface area contributed by atoms with E-state index >= 15 is 0 Å². The number of amides is 2. The maximum Gasteiger partial charge on any atom is 0.407 e. The molecule has 0 saturated carbocycles. The lowest BCUT2D eigenvalue weighted by atomic mass is 10.2. The molecule has 0 heterocycles. The highest BCUT2D eigenvalue weighted by molar-refractivity contribution is 5.72. The summed E-state index contributed by atoms with van der Waals surface area (Å²) in [5, 5.41) is 12.9. The van der Waals surface area contributed by atoms with E-state index < -0.39 is 11.7 Å². The highest BCUT2D eigenvalue weighted by Gasteiger charge is 2.15. The van der Waals surface area contributed by atoms with Gasteiger partial charge in [-0.1, -0.05) is 6.92 Å². The van der Waals surface area contributed by atoms with E-state index in [2.05, 4.69) is 15.4 Å². The molecule has 3 N–H and O–H groups in total. The van der Waals surface area contributed by atoms with Crippen LogP contribution in [0.3, 0.4) is 0 Å². The fourth-order valence-electron chi connectivity index (χ4n) is 1.04. The second kappa shape index (κ2) is 20.2. The van der Waals surface area contributed by atoms with E-state index in [0.717, 1.165) is 25.7 Å². The van der Waals surface area contributed by atoms with Crippen molar-refractivity contribution in [2.45, 2.75) is 65.9 Å². The molecule has 2 amide bonds. The third-order valence-corrected chi connectivity index (χ3v) is 2.25. The van der Waals surface area contributed by atoms with Crippen molar-refractivity contribution >= 4 is 18.5 Å². The topological polar surface area (TPSA) is 114 Å². The van der Waals surface area contributed by atoms with E-state index in [9.17, 15) is 14.4 Å². The Morgan fingerprint density at radius 3 is 2.04 bits per heavy atom. The van der Waals surface area contributed by atoms with Gasteiger partial charge in [-0.25, -0.2) is 4.79 Å². The minimum atomic E-state index is -0.456. The fourth-order valence-corrected chi connectivity index (χ4v) is 1.04. The lowest BCUT2D eigenvalue weighted by Gasteiger charge is -2.19. The Balaban J connectivity index is -0.000000442. The van der Waals surface area contributed by atoms with Gasteiger partial charge in [0.25, 0.3) is 6.47 Å². The van der Waals surface area contributed by atoms with Gasteiger partial charge in [-0.2, -0.15) is 0 Å². The Labute approximate surface area is 151 Å². The van der Waals surface area contributed by atoms with E-state index in [1.165, 1.54) is 6.92 Å². The van der Waals surface area contributed by atoms with Crippen molar-refractivity contribution in [1.29, 1.82) is 0 Å². The van der Waals surface area contributed by atoms with Crippen molar-refractivity contribution in [1.82, 2.24) is 10.6 Å². The van der Waals surface area contributed by atoms with Gasteiger partial charge in [-0.3, -0.25) is 9.59 Å². The van der Waals surface area contributed by atoms with Crippen LogP contribution in [0.5, 0.6) is 0 Å². The van der Waals surface area contributed by atoms with Crippen molar-refractivity contribution in [3.8, 4) is 0 Å². The molecular weight excluding hydrogens is 328 g/mol. The van der Waals surface area contributed by atoms with Crippen LogP contribution in [0, 0.1) is 0 Å². The van der Waals surface area contributed by atoms with Gasteiger partial charge in [0.1, 0.15) is 5.60 Å². The number of aliphatic hydroxyl groups excluding tert-OH is 1. The maximum atomic E-state index is 11.2. The maximum absolute atomic E-state index is 11.2. The number of carbonyl (C=O) groups is 3. The van der Waals surface area contributed by atoms with Crippen LogP contribution in [-0.4, -0.2) is 56.0 Å². The van der Waals surface area contributed by atoms with Gasteiger partial charge in [0.15, 0.2) is 0 Å². The summed E-state index contributed by atoms with van der Waals surface area (Å²) in [6.45, 7) is 10.7. The Morgan fingerprint density at radius 1 is 1.16 bits per heavy atom. The first-order valence-corrected chi connectivity index (χ1v) is 8.45. The first-order chi connectivity index (χ1) is 11.6. The van der Waals surface area contributed by atoms with E-state index in [0.29, 0.717) is 26.2 Å². The predicted molar refractivity (Wildman–Crippen MR) is 97.2 cm³/mol. The Bertz CT molecular complexity index is 328. The summed E-state index contributed by atoms with van der Waals surface area (Å²) in [6, 6.07) is 0. The van der Waals surface area contributed by atoms with Crippen molar-refractivity contribution in [3.05, 3.63) is 0 Å². The molecule has 0 aliphatic carbocycles. The summed E-state index contributed by atoms with van der Waals surface area (Å²) >= 11 is 0. The molecule has 25 heavy (non-hydrogen) atoms. The zero-order valence-corrected chi connectivity index (χ0v) is 16.5.